The van der Waals surface area contributed by atoms with Crippen LogP contribution < -0.4 is 16.2 Å². The third kappa shape index (κ3) is 3.67. The van der Waals surface area contributed by atoms with E-state index in [1.165, 1.54) is 18.2 Å². The Kier molecular flexibility index (Phi) is 4.84. The maximum Gasteiger partial charge on any atom is 0.257 e. The fourth-order valence-electron chi connectivity index (χ4n) is 3.63. The first-order valence-electron chi connectivity index (χ1n) is 9.92. The number of nitrogens with zero attached hydrogens (tertiary/aromatic N) is 1. The zero-order valence-corrected chi connectivity index (χ0v) is 16.7. The normalized spacial score (nSPS) is 10.9. The molecule has 0 fully saturated rings. The van der Waals surface area contributed by atoms with Crippen molar-refractivity contribution in [2.24, 2.45) is 0 Å². The number of pyridine rings is 2. The van der Waals surface area contributed by atoms with Crippen LogP contribution >= 0.6 is 0 Å². The van der Waals surface area contributed by atoms with Gasteiger partial charge in [0.1, 0.15) is 11.5 Å². The number of nitrogens with one attached hydrogen (secondary N) is 3. The molecule has 5 rings (SSSR count). The minimum Gasteiger partial charge on any atom is -0.355 e. The molecule has 6 nitrogen and oxygen atoms in total. The van der Waals surface area contributed by atoms with E-state index in [1.807, 2.05) is 36.4 Å². The minimum absolute atomic E-state index is 0.184. The molecular weight excluding hydrogens is 407 g/mol. The van der Waals surface area contributed by atoms with Gasteiger partial charge in [-0.15, -0.1) is 0 Å². The van der Waals surface area contributed by atoms with Gasteiger partial charge in [-0.05, 0) is 54.6 Å². The molecule has 2 heterocycles. The first kappa shape index (κ1) is 19.4. The number of rotatable bonds is 4. The van der Waals surface area contributed by atoms with Crippen LogP contribution in [0.2, 0.25) is 0 Å². The van der Waals surface area contributed by atoms with Crippen LogP contribution in [0.5, 0.6) is 0 Å². The molecule has 7 heteroatoms. The predicted octanol–water partition coefficient (Wildman–Crippen LogP) is 5.21. The molecule has 0 aliphatic carbocycles. The summed E-state index contributed by atoms with van der Waals surface area (Å²) < 4.78 is 13.3. The standard InChI is InChI=1S/C25H17FN4O2/c26-16-5-3-4-15(14-16)24(31)29-18-10-8-17(9-11-18)28-21-12-13-27-23-22(21)19-6-1-2-7-20(19)25(32)30-23/h1-14H,(H,29,31)(H2,27,28,30,32). The van der Waals surface area contributed by atoms with Gasteiger partial charge in [-0.2, -0.15) is 0 Å². The quantitative estimate of drug-likeness (QED) is 0.346. The summed E-state index contributed by atoms with van der Waals surface area (Å²) in [7, 11) is 0. The highest BCUT2D eigenvalue weighted by molar-refractivity contribution is 6.11. The number of benzene rings is 3. The predicted molar refractivity (Wildman–Crippen MR) is 124 cm³/mol. The summed E-state index contributed by atoms with van der Waals surface area (Å²) >= 11 is 0. The van der Waals surface area contributed by atoms with Gasteiger partial charge in [-0.1, -0.05) is 24.3 Å². The highest BCUT2D eigenvalue weighted by Crippen LogP contribution is 2.29. The smallest absolute Gasteiger partial charge is 0.257 e. The minimum atomic E-state index is -0.462. The van der Waals surface area contributed by atoms with E-state index < -0.39 is 5.82 Å². The second-order valence-corrected chi connectivity index (χ2v) is 7.25. The van der Waals surface area contributed by atoms with Gasteiger partial charge in [-0.3, -0.25) is 9.59 Å². The van der Waals surface area contributed by atoms with Gasteiger partial charge >= 0.3 is 0 Å². The molecule has 0 aliphatic rings. The van der Waals surface area contributed by atoms with Gasteiger partial charge in [-0.25, -0.2) is 9.37 Å². The summed E-state index contributed by atoms with van der Waals surface area (Å²) in [6.45, 7) is 0. The fourth-order valence-corrected chi connectivity index (χ4v) is 3.63. The van der Waals surface area contributed by atoms with E-state index in [9.17, 15) is 14.0 Å². The molecule has 1 amide bonds. The van der Waals surface area contributed by atoms with E-state index in [-0.39, 0.29) is 17.0 Å². The number of fused-ring (bicyclic) bond motifs is 3. The Hall–Kier alpha value is -4.52. The maximum atomic E-state index is 13.3. The third-order valence-corrected chi connectivity index (χ3v) is 5.13. The van der Waals surface area contributed by atoms with Crippen molar-refractivity contribution in [2.45, 2.75) is 0 Å². The van der Waals surface area contributed by atoms with Gasteiger partial charge in [0.15, 0.2) is 0 Å². The molecule has 5 aromatic rings. The topological polar surface area (TPSA) is 86.9 Å². The number of aromatic nitrogens is 2. The Morgan fingerprint density at radius 1 is 0.875 bits per heavy atom. The van der Waals surface area contributed by atoms with Crippen LogP contribution in [0.25, 0.3) is 21.8 Å². The Balaban J connectivity index is 1.43. The molecular formula is C25H17FN4O2. The summed E-state index contributed by atoms with van der Waals surface area (Å²) in [5.74, 6) is -0.851. The number of halogens is 1. The molecule has 156 valence electrons. The fraction of sp³-hybridized carbons (Fsp3) is 0. The van der Waals surface area contributed by atoms with E-state index in [0.29, 0.717) is 16.7 Å². The van der Waals surface area contributed by atoms with Crippen molar-refractivity contribution in [3.8, 4) is 0 Å². The summed E-state index contributed by atoms with van der Waals surface area (Å²) in [6, 6.07) is 21.9. The maximum absolute atomic E-state index is 13.3. The second-order valence-electron chi connectivity index (χ2n) is 7.25. The lowest BCUT2D eigenvalue weighted by Crippen LogP contribution is -2.12. The zero-order valence-electron chi connectivity index (χ0n) is 16.7. The van der Waals surface area contributed by atoms with Crippen LogP contribution in [-0.2, 0) is 0 Å². The highest BCUT2D eigenvalue weighted by Gasteiger charge is 2.11. The molecule has 0 aliphatic heterocycles. The van der Waals surface area contributed by atoms with Gasteiger partial charge in [0.2, 0.25) is 0 Å². The Morgan fingerprint density at radius 3 is 2.41 bits per heavy atom. The lowest BCUT2D eigenvalue weighted by atomic mass is 10.1. The van der Waals surface area contributed by atoms with Crippen LogP contribution in [-0.4, -0.2) is 15.9 Å². The van der Waals surface area contributed by atoms with Crippen molar-refractivity contribution in [3.05, 3.63) is 107 Å². The Morgan fingerprint density at radius 2 is 1.62 bits per heavy atom. The molecule has 0 radical (unpaired) electrons. The van der Waals surface area contributed by atoms with Crippen LogP contribution in [0.4, 0.5) is 21.5 Å². The zero-order chi connectivity index (χ0) is 22.1. The lowest BCUT2D eigenvalue weighted by Gasteiger charge is -2.12. The van der Waals surface area contributed by atoms with Crippen molar-refractivity contribution in [1.82, 2.24) is 9.97 Å². The van der Waals surface area contributed by atoms with Gasteiger partial charge < -0.3 is 15.6 Å². The number of amides is 1. The molecule has 0 unspecified atom stereocenters. The Bertz CT molecular complexity index is 1530. The Labute approximate surface area is 181 Å². The highest BCUT2D eigenvalue weighted by atomic mass is 19.1. The monoisotopic (exact) mass is 424 g/mol. The molecule has 0 spiro atoms. The summed E-state index contributed by atoms with van der Waals surface area (Å²) in [5, 5.41) is 8.31. The molecule has 0 atom stereocenters. The van der Waals surface area contributed by atoms with Gasteiger partial charge in [0.05, 0.1) is 5.69 Å². The molecule has 3 aromatic carbocycles. The van der Waals surface area contributed by atoms with Crippen LogP contribution in [0.3, 0.4) is 0 Å². The number of carbonyl (C=O) groups excluding carboxylic acids is 1. The second kappa shape index (κ2) is 7.96. The largest absolute Gasteiger partial charge is 0.355 e. The van der Waals surface area contributed by atoms with Crippen molar-refractivity contribution in [1.29, 1.82) is 0 Å². The summed E-state index contributed by atoms with van der Waals surface area (Å²) in [4.78, 5) is 31.8. The summed E-state index contributed by atoms with van der Waals surface area (Å²) in [5.41, 5.74) is 2.72. The number of carbonyl (C=O) groups is 1. The van der Waals surface area contributed by atoms with Gasteiger partial charge in [0.25, 0.3) is 11.5 Å². The number of H-pyrrole nitrogens is 1. The van der Waals surface area contributed by atoms with E-state index in [1.54, 1.807) is 30.5 Å². The first-order valence-corrected chi connectivity index (χ1v) is 9.92. The van der Waals surface area contributed by atoms with Crippen LogP contribution in [0.1, 0.15) is 10.4 Å². The number of anilines is 3. The average molecular weight is 424 g/mol. The third-order valence-electron chi connectivity index (χ3n) is 5.13. The van der Waals surface area contributed by atoms with E-state index in [4.69, 9.17) is 0 Å². The van der Waals surface area contributed by atoms with E-state index in [2.05, 4.69) is 20.6 Å². The van der Waals surface area contributed by atoms with E-state index >= 15 is 0 Å². The number of hydrogen-bond acceptors (Lipinski definition) is 4. The van der Waals surface area contributed by atoms with Crippen LogP contribution in [0, 0.1) is 5.82 Å². The van der Waals surface area contributed by atoms with Gasteiger partial charge in [0, 0.05) is 39.3 Å². The number of hydrogen-bond donors (Lipinski definition) is 3. The number of aromatic amines is 1. The van der Waals surface area contributed by atoms with E-state index in [0.717, 1.165) is 22.1 Å². The molecule has 0 saturated heterocycles. The molecule has 0 saturated carbocycles. The van der Waals surface area contributed by atoms with Crippen molar-refractivity contribution in [2.75, 3.05) is 10.6 Å². The molecule has 32 heavy (non-hydrogen) atoms. The van der Waals surface area contributed by atoms with Crippen molar-refractivity contribution in [3.63, 3.8) is 0 Å². The molecule has 0 bridgehead atoms. The molecule has 3 N–H and O–H groups in total. The summed E-state index contributed by atoms with van der Waals surface area (Å²) in [6.07, 6.45) is 1.63. The lowest BCUT2D eigenvalue weighted by molar-refractivity contribution is 0.102. The van der Waals surface area contributed by atoms with Crippen molar-refractivity contribution >= 4 is 44.8 Å². The SMILES string of the molecule is O=C(Nc1ccc(Nc2ccnc3[nH]c(=O)c4ccccc4c23)cc1)c1cccc(F)c1. The first-order chi connectivity index (χ1) is 15.6. The molecule has 2 aromatic heterocycles. The average Bonchev–Trinajstić information content (AvgIpc) is 2.80. The van der Waals surface area contributed by atoms with Crippen LogP contribution in [0.15, 0.2) is 89.9 Å². The van der Waals surface area contributed by atoms with Crippen molar-refractivity contribution < 1.29 is 9.18 Å².